The minimum absolute atomic E-state index is 0.173. The van der Waals surface area contributed by atoms with Crippen molar-refractivity contribution in [1.82, 2.24) is 20.3 Å². The number of carbonyl (C=O) groups excluding carboxylic acids is 1. The monoisotopic (exact) mass is 257 g/mol. The maximum absolute atomic E-state index is 11.6. The molecule has 2 N–H and O–H groups in total. The molecule has 2 aromatic rings. The quantitative estimate of drug-likeness (QED) is 0.842. The second kappa shape index (κ2) is 6.44. The minimum atomic E-state index is -0.173. The highest BCUT2D eigenvalue weighted by Gasteiger charge is 2.06. The van der Waals surface area contributed by atoms with Crippen molar-refractivity contribution in [1.29, 1.82) is 0 Å². The van der Waals surface area contributed by atoms with Crippen LogP contribution in [0.2, 0.25) is 0 Å². The van der Waals surface area contributed by atoms with Crippen molar-refractivity contribution in [2.75, 3.05) is 11.9 Å². The Bertz CT molecular complexity index is 544. The van der Waals surface area contributed by atoms with Gasteiger partial charge in [-0.1, -0.05) is 0 Å². The molecule has 0 fully saturated rings. The number of aromatic nitrogens is 3. The van der Waals surface area contributed by atoms with E-state index in [1.54, 1.807) is 18.5 Å². The molecule has 0 spiro atoms. The maximum Gasteiger partial charge on any atom is 0.269 e. The molecule has 6 nitrogen and oxygen atoms in total. The van der Waals surface area contributed by atoms with Gasteiger partial charge in [0.05, 0.1) is 12.2 Å². The highest BCUT2D eigenvalue weighted by Crippen LogP contribution is 2.09. The smallest absolute Gasteiger partial charge is 0.269 e. The lowest BCUT2D eigenvalue weighted by Crippen LogP contribution is -2.23. The lowest BCUT2D eigenvalue weighted by molar-refractivity contribution is 0.0951. The van der Waals surface area contributed by atoms with Crippen molar-refractivity contribution in [3.8, 4) is 0 Å². The summed E-state index contributed by atoms with van der Waals surface area (Å²) in [4.78, 5) is 23.7. The largest absolute Gasteiger partial charge is 0.379 e. The first-order valence-corrected chi connectivity index (χ1v) is 6.02. The first kappa shape index (κ1) is 12.9. The van der Waals surface area contributed by atoms with Gasteiger partial charge in [-0.25, -0.2) is 9.97 Å². The predicted molar refractivity (Wildman–Crippen MR) is 71.6 cm³/mol. The van der Waals surface area contributed by atoms with Crippen LogP contribution in [0.25, 0.3) is 0 Å². The van der Waals surface area contributed by atoms with Gasteiger partial charge in [0, 0.05) is 24.6 Å². The fourth-order valence-corrected chi connectivity index (χ4v) is 1.53. The number of rotatable bonds is 5. The lowest BCUT2D eigenvalue weighted by atomic mass is 10.3. The van der Waals surface area contributed by atoms with Crippen molar-refractivity contribution < 1.29 is 4.79 Å². The van der Waals surface area contributed by atoms with E-state index in [4.69, 9.17) is 0 Å². The van der Waals surface area contributed by atoms with Gasteiger partial charge in [0.25, 0.3) is 5.91 Å². The van der Waals surface area contributed by atoms with Crippen LogP contribution in [0, 0.1) is 0 Å². The highest BCUT2D eigenvalue weighted by atomic mass is 16.1. The molecule has 2 aromatic heterocycles. The summed E-state index contributed by atoms with van der Waals surface area (Å²) in [5.41, 5.74) is 2.11. The third-order valence-corrected chi connectivity index (χ3v) is 2.45. The Balaban J connectivity index is 2.01. The van der Waals surface area contributed by atoms with Crippen LogP contribution in [-0.2, 0) is 6.54 Å². The van der Waals surface area contributed by atoms with E-state index in [-0.39, 0.29) is 5.91 Å². The molecule has 1 amide bonds. The molecule has 0 atom stereocenters. The molecule has 0 unspecified atom stereocenters. The lowest BCUT2D eigenvalue weighted by Gasteiger charge is -2.07. The molecule has 0 aliphatic carbocycles. The topological polar surface area (TPSA) is 79.8 Å². The first-order valence-electron chi connectivity index (χ1n) is 6.02. The molecule has 0 saturated heterocycles. The number of hydrogen-bond donors (Lipinski definition) is 2. The van der Waals surface area contributed by atoms with Gasteiger partial charge in [0.2, 0.25) is 0 Å². The molecule has 2 heterocycles. The number of nitrogens with zero attached hydrogens (tertiary/aromatic N) is 3. The molecular weight excluding hydrogens is 242 g/mol. The number of pyridine rings is 1. The van der Waals surface area contributed by atoms with Gasteiger partial charge in [-0.05, 0) is 25.1 Å². The van der Waals surface area contributed by atoms with Crippen molar-refractivity contribution in [3.05, 3.63) is 48.3 Å². The summed E-state index contributed by atoms with van der Waals surface area (Å²) in [5.74, 6) is -0.173. The van der Waals surface area contributed by atoms with Crippen LogP contribution < -0.4 is 10.6 Å². The first-order chi connectivity index (χ1) is 9.29. The van der Waals surface area contributed by atoms with Crippen molar-refractivity contribution in [2.24, 2.45) is 0 Å². The summed E-state index contributed by atoms with van der Waals surface area (Å²) in [6, 6.07) is 5.36. The Labute approximate surface area is 111 Å². The second-order valence-electron chi connectivity index (χ2n) is 3.84. The molecule has 0 aliphatic rings. The molecule has 0 bridgehead atoms. The highest BCUT2D eigenvalue weighted by molar-refractivity contribution is 5.93. The summed E-state index contributed by atoms with van der Waals surface area (Å²) in [6.07, 6.45) is 4.80. The second-order valence-corrected chi connectivity index (χ2v) is 3.84. The molecule has 0 aliphatic heterocycles. The standard InChI is InChI=1S/C13H15N5O/c1-2-15-13(19)12-7-10(4-6-16-12)17-8-11-3-5-14-9-18-11/h3-7,9H,2,8H2,1H3,(H,15,19)(H,16,17). The minimum Gasteiger partial charge on any atom is -0.379 e. The van der Waals surface area contributed by atoms with E-state index >= 15 is 0 Å². The Hall–Kier alpha value is -2.50. The number of hydrogen-bond acceptors (Lipinski definition) is 5. The zero-order valence-corrected chi connectivity index (χ0v) is 10.6. The average Bonchev–Trinajstić information content (AvgIpc) is 2.47. The van der Waals surface area contributed by atoms with Crippen LogP contribution in [0.1, 0.15) is 23.1 Å². The molecule has 0 aromatic carbocycles. The maximum atomic E-state index is 11.6. The van der Waals surface area contributed by atoms with Crippen LogP contribution in [0.15, 0.2) is 36.9 Å². The van der Waals surface area contributed by atoms with Gasteiger partial charge >= 0.3 is 0 Å². The third kappa shape index (κ3) is 3.74. The number of carbonyl (C=O) groups is 1. The molecule has 0 radical (unpaired) electrons. The van der Waals surface area contributed by atoms with E-state index in [0.717, 1.165) is 11.4 Å². The number of anilines is 1. The molecule has 98 valence electrons. The van der Waals surface area contributed by atoms with Crippen LogP contribution >= 0.6 is 0 Å². The normalized spacial score (nSPS) is 9.95. The fourth-order valence-electron chi connectivity index (χ4n) is 1.53. The summed E-state index contributed by atoms with van der Waals surface area (Å²) in [5, 5.41) is 5.90. The predicted octanol–water partition coefficient (Wildman–Crippen LogP) is 1.23. The van der Waals surface area contributed by atoms with Crippen LogP contribution in [0.5, 0.6) is 0 Å². The summed E-state index contributed by atoms with van der Waals surface area (Å²) >= 11 is 0. The van der Waals surface area contributed by atoms with E-state index in [1.807, 2.05) is 19.1 Å². The zero-order chi connectivity index (χ0) is 13.5. The average molecular weight is 257 g/mol. The van der Waals surface area contributed by atoms with Gasteiger partial charge in [0.1, 0.15) is 12.0 Å². The number of amides is 1. The molecular formula is C13H15N5O. The summed E-state index contributed by atoms with van der Waals surface area (Å²) < 4.78 is 0. The van der Waals surface area contributed by atoms with E-state index in [9.17, 15) is 4.79 Å². The van der Waals surface area contributed by atoms with Crippen molar-refractivity contribution in [3.63, 3.8) is 0 Å². The van der Waals surface area contributed by atoms with Crippen LogP contribution in [0.3, 0.4) is 0 Å². The van der Waals surface area contributed by atoms with Crippen LogP contribution in [-0.4, -0.2) is 27.4 Å². The van der Waals surface area contributed by atoms with Gasteiger partial charge in [-0.3, -0.25) is 9.78 Å². The Morgan fingerprint density at radius 3 is 2.89 bits per heavy atom. The Morgan fingerprint density at radius 2 is 2.16 bits per heavy atom. The zero-order valence-electron chi connectivity index (χ0n) is 10.6. The van der Waals surface area contributed by atoms with E-state index in [0.29, 0.717) is 18.8 Å². The van der Waals surface area contributed by atoms with Gasteiger partial charge in [0.15, 0.2) is 0 Å². The summed E-state index contributed by atoms with van der Waals surface area (Å²) in [7, 11) is 0. The fraction of sp³-hybridized carbons (Fsp3) is 0.231. The molecule has 6 heteroatoms. The van der Waals surface area contributed by atoms with Gasteiger partial charge in [-0.15, -0.1) is 0 Å². The van der Waals surface area contributed by atoms with E-state index in [1.165, 1.54) is 6.33 Å². The van der Waals surface area contributed by atoms with Crippen molar-refractivity contribution in [2.45, 2.75) is 13.5 Å². The molecule has 0 saturated carbocycles. The van der Waals surface area contributed by atoms with Gasteiger partial charge < -0.3 is 10.6 Å². The van der Waals surface area contributed by atoms with E-state index in [2.05, 4.69) is 25.6 Å². The molecule has 19 heavy (non-hydrogen) atoms. The SMILES string of the molecule is CCNC(=O)c1cc(NCc2ccncn2)ccn1. The van der Waals surface area contributed by atoms with Crippen LogP contribution in [0.4, 0.5) is 5.69 Å². The third-order valence-electron chi connectivity index (χ3n) is 2.45. The Kier molecular flexibility index (Phi) is 4.39. The Morgan fingerprint density at radius 1 is 1.26 bits per heavy atom. The molecule has 2 rings (SSSR count). The summed E-state index contributed by atoms with van der Waals surface area (Å²) in [6.45, 7) is 3.02. The van der Waals surface area contributed by atoms with E-state index < -0.39 is 0 Å². The number of nitrogens with one attached hydrogen (secondary N) is 2. The van der Waals surface area contributed by atoms with Gasteiger partial charge in [-0.2, -0.15) is 0 Å². The van der Waals surface area contributed by atoms with Crippen molar-refractivity contribution >= 4 is 11.6 Å².